The molecule has 1 aliphatic heterocycles. The molecule has 6 nitrogen and oxygen atoms in total. The van der Waals surface area contributed by atoms with E-state index in [1.54, 1.807) is 19.1 Å². The average molecular weight is 349 g/mol. The standard InChI is InChI=1S/C15H15N3O3S2/c1-11(21-12-6-3-2-4-7-12)10-16-23(19,20)14-9-5-8-13-15(14)18-22-17-13/h2-9,11,16H,10H2,1H3. The monoisotopic (exact) mass is 349 g/mol. The van der Waals surface area contributed by atoms with Crippen LogP contribution in [0.4, 0.5) is 11.4 Å². The number of rotatable bonds is 6. The fourth-order valence-electron chi connectivity index (χ4n) is 2.08. The Morgan fingerprint density at radius 1 is 1.13 bits per heavy atom. The van der Waals surface area contributed by atoms with Gasteiger partial charge < -0.3 is 4.74 Å². The summed E-state index contributed by atoms with van der Waals surface area (Å²) in [7, 11) is -3.67. The quantitative estimate of drug-likeness (QED) is 0.742. The van der Waals surface area contributed by atoms with Gasteiger partial charge in [-0.2, -0.15) is 8.73 Å². The van der Waals surface area contributed by atoms with Crippen molar-refractivity contribution in [3.63, 3.8) is 0 Å². The molecule has 1 heterocycles. The normalized spacial score (nSPS) is 14.1. The summed E-state index contributed by atoms with van der Waals surface area (Å²) in [6.07, 6.45) is -0.306. The molecule has 2 aromatic rings. The molecule has 0 saturated heterocycles. The van der Waals surface area contributed by atoms with Crippen LogP contribution >= 0.6 is 0 Å². The number of hydrogen-bond donors (Lipinski definition) is 1. The van der Waals surface area contributed by atoms with Crippen molar-refractivity contribution in [3.05, 3.63) is 48.5 Å². The number of sulfonamides is 1. The molecule has 0 spiro atoms. The van der Waals surface area contributed by atoms with Gasteiger partial charge in [0.2, 0.25) is 10.0 Å². The molecule has 1 N–H and O–H groups in total. The Labute approximate surface area is 138 Å². The van der Waals surface area contributed by atoms with E-state index in [1.165, 1.54) is 6.07 Å². The Morgan fingerprint density at radius 3 is 2.70 bits per heavy atom. The third kappa shape index (κ3) is 3.66. The molecule has 120 valence electrons. The predicted octanol–water partition coefficient (Wildman–Crippen LogP) is 3.16. The van der Waals surface area contributed by atoms with Gasteiger partial charge in [-0.25, -0.2) is 13.1 Å². The van der Waals surface area contributed by atoms with Gasteiger partial charge in [0, 0.05) is 6.54 Å². The molecule has 0 saturated carbocycles. The van der Waals surface area contributed by atoms with Crippen LogP contribution in [-0.2, 0) is 21.4 Å². The van der Waals surface area contributed by atoms with Crippen LogP contribution in [0.3, 0.4) is 0 Å². The Bertz CT molecular complexity index is 876. The number of nitrogens with zero attached hydrogens (tertiary/aromatic N) is 2. The number of hydrogen-bond acceptors (Lipinski definition) is 5. The maximum absolute atomic E-state index is 12.5. The number of ether oxygens (including phenoxy) is 1. The fourth-order valence-corrected chi connectivity index (χ4v) is 3.96. The van der Waals surface area contributed by atoms with E-state index in [2.05, 4.69) is 13.4 Å². The minimum absolute atomic E-state index is 0.135. The van der Waals surface area contributed by atoms with Crippen LogP contribution in [0.25, 0.3) is 0 Å². The van der Waals surface area contributed by atoms with Crippen LogP contribution in [0.15, 0.2) is 62.2 Å². The third-order valence-electron chi connectivity index (χ3n) is 3.18. The lowest BCUT2D eigenvalue weighted by Crippen LogP contribution is -2.33. The van der Waals surface area contributed by atoms with Crippen LogP contribution in [-0.4, -0.2) is 21.1 Å². The highest BCUT2D eigenvalue weighted by atomic mass is 32.2. The molecule has 0 amide bonds. The summed E-state index contributed by atoms with van der Waals surface area (Å²) in [6, 6.07) is 14.2. The SMILES string of the molecule is CC(CNS(=O)(=O)c1cccc2c1N=S=N2)Oc1ccccc1. The lowest BCUT2D eigenvalue weighted by molar-refractivity contribution is 0.225. The summed E-state index contributed by atoms with van der Waals surface area (Å²) in [4.78, 5) is 0.135. The molecule has 8 heteroatoms. The van der Waals surface area contributed by atoms with Gasteiger partial charge in [0.15, 0.2) is 0 Å². The van der Waals surface area contributed by atoms with E-state index in [4.69, 9.17) is 4.74 Å². The number of nitrogens with one attached hydrogen (secondary N) is 1. The second-order valence-corrected chi connectivity index (χ2v) is 7.25. The molecular formula is C15H15N3O3S2. The number of fused-ring (bicyclic) bond motifs is 1. The minimum Gasteiger partial charge on any atom is -0.489 e. The van der Waals surface area contributed by atoms with Gasteiger partial charge in [0.05, 0.1) is 11.4 Å². The summed E-state index contributed by atoms with van der Waals surface area (Å²) in [5, 5.41) is 0. The average Bonchev–Trinajstić information content (AvgIpc) is 3.02. The predicted molar refractivity (Wildman–Crippen MR) is 89.7 cm³/mol. The molecule has 3 rings (SSSR count). The van der Waals surface area contributed by atoms with Crippen LogP contribution < -0.4 is 9.46 Å². The second-order valence-electron chi connectivity index (χ2n) is 4.98. The number of benzene rings is 2. The van der Waals surface area contributed by atoms with Crippen molar-refractivity contribution in [1.29, 1.82) is 0 Å². The second kappa shape index (κ2) is 6.61. The maximum atomic E-state index is 12.5. The van der Waals surface area contributed by atoms with Gasteiger partial charge in [-0.05, 0) is 31.2 Å². The summed E-state index contributed by atoms with van der Waals surface area (Å²) in [5.74, 6) is 0.699. The molecule has 1 atom stereocenters. The molecule has 0 aliphatic carbocycles. The van der Waals surface area contributed by atoms with Crippen molar-refractivity contribution in [2.45, 2.75) is 17.9 Å². The van der Waals surface area contributed by atoms with Gasteiger partial charge >= 0.3 is 0 Å². The minimum atomic E-state index is -3.67. The summed E-state index contributed by atoms with van der Waals surface area (Å²) in [5.41, 5.74) is 0.966. The van der Waals surface area contributed by atoms with Gasteiger partial charge in [0.1, 0.15) is 28.1 Å². The summed E-state index contributed by atoms with van der Waals surface area (Å²) in [6.45, 7) is 1.96. The van der Waals surface area contributed by atoms with Crippen LogP contribution in [0.5, 0.6) is 5.75 Å². The van der Waals surface area contributed by atoms with Crippen LogP contribution in [0.2, 0.25) is 0 Å². The van der Waals surface area contributed by atoms with Crippen LogP contribution in [0.1, 0.15) is 6.92 Å². The molecule has 23 heavy (non-hydrogen) atoms. The Morgan fingerprint density at radius 2 is 1.91 bits per heavy atom. The molecule has 1 aliphatic rings. The van der Waals surface area contributed by atoms with E-state index in [0.29, 0.717) is 17.1 Å². The van der Waals surface area contributed by atoms with E-state index in [-0.39, 0.29) is 17.5 Å². The largest absolute Gasteiger partial charge is 0.489 e. The highest BCUT2D eigenvalue weighted by Gasteiger charge is 2.22. The van der Waals surface area contributed by atoms with Crippen molar-refractivity contribution in [2.75, 3.05) is 6.54 Å². The molecule has 2 aromatic carbocycles. The molecule has 0 radical (unpaired) electrons. The molecule has 0 bridgehead atoms. The summed E-state index contributed by atoms with van der Waals surface area (Å²) >= 11 is 0.992. The first kappa shape index (κ1) is 15.9. The van der Waals surface area contributed by atoms with Crippen molar-refractivity contribution in [2.24, 2.45) is 8.73 Å². The lowest BCUT2D eigenvalue weighted by Gasteiger charge is -2.16. The number of para-hydroxylation sites is 1. The van der Waals surface area contributed by atoms with Gasteiger partial charge in [0.25, 0.3) is 0 Å². The zero-order valence-corrected chi connectivity index (χ0v) is 14.0. The Hall–Kier alpha value is -2.03. The van der Waals surface area contributed by atoms with Crippen LogP contribution in [0, 0.1) is 0 Å². The molecular weight excluding hydrogens is 334 g/mol. The lowest BCUT2D eigenvalue weighted by atomic mass is 10.3. The Balaban J connectivity index is 1.68. The topological polar surface area (TPSA) is 80.1 Å². The van der Waals surface area contributed by atoms with Gasteiger partial charge in [-0.15, -0.1) is 0 Å². The third-order valence-corrected chi connectivity index (χ3v) is 5.18. The van der Waals surface area contributed by atoms with E-state index >= 15 is 0 Å². The highest BCUT2D eigenvalue weighted by molar-refractivity contribution is 7.89. The molecule has 0 aromatic heterocycles. The first-order valence-electron chi connectivity index (χ1n) is 6.99. The van der Waals surface area contributed by atoms with Crippen molar-refractivity contribution in [1.82, 2.24) is 4.72 Å². The fraction of sp³-hybridized carbons (Fsp3) is 0.200. The van der Waals surface area contributed by atoms with Crippen molar-refractivity contribution >= 4 is 32.8 Å². The van der Waals surface area contributed by atoms with Crippen molar-refractivity contribution < 1.29 is 13.2 Å². The summed E-state index contributed by atoms with van der Waals surface area (Å²) < 4.78 is 41.3. The molecule has 0 fully saturated rings. The van der Waals surface area contributed by atoms with E-state index < -0.39 is 10.0 Å². The van der Waals surface area contributed by atoms with Gasteiger partial charge in [-0.3, -0.25) is 0 Å². The van der Waals surface area contributed by atoms with Gasteiger partial charge in [-0.1, -0.05) is 24.3 Å². The highest BCUT2D eigenvalue weighted by Crippen LogP contribution is 2.37. The van der Waals surface area contributed by atoms with Crippen molar-refractivity contribution in [3.8, 4) is 5.75 Å². The molecule has 1 unspecified atom stereocenters. The van der Waals surface area contributed by atoms with E-state index in [1.807, 2.05) is 30.3 Å². The smallest absolute Gasteiger partial charge is 0.242 e. The van der Waals surface area contributed by atoms with E-state index in [0.717, 1.165) is 11.4 Å². The zero-order valence-electron chi connectivity index (χ0n) is 12.3. The Kier molecular flexibility index (Phi) is 4.56. The first-order valence-corrected chi connectivity index (χ1v) is 9.20. The first-order chi connectivity index (χ1) is 11.1. The van der Waals surface area contributed by atoms with E-state index in [9.17, 15) is 8.42 Å². The maximum Gasteiger partial charge on any atom is 0.242 e. The zero-order chi connectivity index (χ0) is 16.3.